The zero-order chi connectivity index (χ0) is 21.8. The minimum Gasteiger partial charge on any atom is -0.381 e. The van der Waals surface area contributed by atoms with E-state index in [0.717, 1.165) is 38.4 Å². The summed E-state index contributed by atoms with van der Waals surface area (Å²) < 4.78 is 44.4. The molecule has 1 aliphatic heterocycles. The van der Waals surface area contributed by atoms with Crippen LogP contribution in [0.1, 0.15) is 32.3 Å². The van der Waals surface area contributed by atoms with Crippen molar-refractivity contribution in [2.24, 2.45) is 4.99 Å². The molecule has 0 radical (unpaired) electrons. The van der Waals surface area contributed by atoms with E-state index in [9.17, 15) is 13.2 Å². The van der Waals surface area contributed by atoms with Crippen LogP contribution in [-0.4, -0.2) is 80.5 Å². The molecule has 0 amide bonds. The Balaban J connectivity index is 1.64. The Kier molecular flexibility index (Phi) is 10.4. The van der Waals surface area contributed by atoms with Crippen molar-refractivity contribution in [1.82, 2.24) is 15.1 Å². The predicted molar refractivity (Wildman–Crippen MR) is 115 cm³/mol. The average Bonchev–Trinajstić information content (AvgIpc) is 2.74. The number of piperazine rings is 1. The van der Waals surface area contributed by atoms with E-state index < -0.39 is 12.2 Å². The maximum absolute atomic E-state index is 12.9. The largest absolute Gasteiger partial charge is 0.403 e. The number of nitrogens with one attached hydrogen (secondary N) is 1. The Hall–Kier alpha value is -1.80. The number of aliphatic imine (C=N–C) groups is 1. The molecule has 0 aromatic heterocycles. The second-order valence-electron chi connectivity index (χ2n) is 7.53. The van der Waals surface area contributed by atoms with Gasteiger partial charge < -0.3 is 15.0 Å². The normalized spacial score (nSPS) is 17.2. The van der Waals surface area contributed by atoms with Crippen molar-refractivity contribution in [3.8, 4) is 0 Å². The maximum Gasteiger partial charge on any atom is 0.403 e. The Morgan fingerprint density at radius 1 is 1.10 bits per heavy atom. The first kappa shape index (κ1) is 24.5. The molecule has 2 rings (SSSR count). The van der Waals surface area contributed by atoms with Crippen LogP contribution in [0.15, 0.2) is 35.3 Å². The Morgan fingerprint density at radius 2 is 1.80 bits per heavy atom. The fraction of sp³-hybridized carbons (Fsp3) is 0.682. The molecular formula is C22H35F3N4O. The fourth-order valence-corrected chi connectivity index (χ4v) is 3.39. The van der Waals surface area contributed by atoms with E-state index in [1.54, 1.807) is 0 Å². The molecule has 30 heavy (non-hydrogen) atoms. The Morgan fingerprint density at radius 3 is 2.43 bits per heavy atom. The van der Waals surface area contributed by atoms with Gasteiger partial charge in [0.05, 0.1) is 6.61 Å². The molecule has 1 fully saturated rings. The summed E-state index contributed by atoms with van der Waals surface area (Å²) in [6.45, 7) is 7.97. The first-order valence-corrected chi connectivity index (χ1v) is 10.9. The lowest BCUT2D eigenvalue weighted by Gasteiger charge is -2.39. The average molecular weight is 429 g/mol. The number of benzene rings is 1. The highest BCUT2D eigenvalue weighted by molar-refractivity contribution is 5.80. The smallest absolute Gasteiger partial charge is 0.381 e. The summed E-state index contributed by atoms with van der Waals surface area (Å²) in [5.41, 5.74) is 1.28. The van der Waals surface area contributed by atoms with Crippen molar-refractivity contribution < 1.29 is 17.9 Å². The Bertz CT molecular complexity index is 617. The first-order valence-electron chi connectivity index (χ1n) is 10.9. The standard InChI is InChI=1S/C22H35F3N4O/c1-3-26-21(29-15-13-28(14-16-29)19(2)22(23,24)25)27-12-7-8-17-30-18-11-20-9-5-4-6-10-20/h4-6,9-10,19H,3,7-8,11-18H2,1-2H3,(H,26,27). The van der Waals surface area contributed by atoms with Gasteiger partial charge in [-0.2, -0.15) is 13.2 Å². The number of hydrogen-bond acceptors (Lipinski definition) is 3. The highest BCUT2D eigenvalue weighted by atomic mass is 19.4. The van der Waals surface area contributed by atoms with Gasteiger partial charge in [0.15, 0.2) is 5.96 Å². The van der Waals surface area contributed by atoms with Crippen LogP contribution in [0.3, 0.4) is 0 Å². The van der Waals surface area contributed by atoms with Gasteiger partial charge in [-0.15, -0.1) is 0 Å². The summed E-state index contributed by atoms with van der Waals surface area (Å²) in [6.07, 6.45) is -1.40. The van der Waals surface area contributed by atoms with Crippen LogP contribution < -0.4 is 5.32 Å². The SMILES string of the molecule is CCNC(=NCCCCOCCc1ccccc1)N1CCN(C(C)C(F)(F)F)CC1. The van der Waals surface area contributed by atoms with Crippen LogP contribution in [0.4, 0.5) is 13.2 Å². The first-order chi connectivity index (χ1) is 14.4. The van der Waals surface area contributed by atoms with Gasteiger partial charge in [0.25, 0.3) is 0 Å². The molecule has 0 saturated carbocycles. The Labute approximate surface area is 178 Å². The minimum absolute atomic E-state index is 0.389. The molecule has 1 saturated heterocycles. The van der Waals surface area contributed by atoms with E-state index in [1.165, 1.54) is 17.4 Å². The van der Waals surface area contributed by atoms with Crippen LogP contribution in [0.5, 0.6) is 0 Å². The predicted octanol–water partition coefficient (Wildman–Crippen LogP) is 3.56. The lowest BCUT2D eigenvalue weighted by Crippen LogP contribution is -2.56. The summed E-state index contributed by atoms with van der Waals surface area (Å²) in [5.74, 6) is 0.793. The van der Waals surface area contributed by atoms with Crippen LogP contribution in [0.25, 0.3) is 0 Å². The minimum atomic E-state index is -4.18. The van der Waals surface area contributed by atoms with Crippen LogP contribution in [-0.2, 0) is 11.2 Å². The van der Waals surface area contributed by atoms with Crippen LogP contribution >= 0.6 is 0 Å². The number of guanidine groups is 1. The van der Waals surface area contributed by atoms with Gasteiger partial charge >= 0.3 is 6.18 Å². The van der Waals surface area contributed by atoms with Crippen molar-refractivity contribution in [3.05, 3.63) is 35.9 Å². The third kappa shape index (κ3) is 8.52. The number of alkyl halides is 3. The highest BCUT2D eigenvalue weighted by Gasteiger charge is 2.41. The number of nitrogens with zero attached hydrogens (tertiary/aromatic N) is 3. The second kappa shape index (κ2) is 12.8. The maximum atomic E-state index is 12.9. The van der Waals surface area contributed by atoms with Gasteiger partial charge in [-0.1, -0.05) is 30.3 Å². The second-order valence-corrected chi connectivity index (χ2v) is 7.53. The summed E-state index contributed by atoms with van der Waals surface area (Å²) in [7, 11) is 0. The van der Waals surface area contributed by atoms with Crippen molar-refractivity contribution in [3.63, 3.8) is 0 Å². The molecule has 5 nitrogen and oxygen atoms in total. The topological polar surface area (TPSA) is 40.1 Å². The molecule has 1 unspecified atom stereocenters. The zero-order valence-electron chi connectivity index (χ0n) is 18.1. The van der Waals surface area contributed by atoms with E-state index >= 15 is 0 Å². The monoisotopic (exact) mass is 428 g/mol. The summed E-state index contributed by atoms with van der Waals surface area (Å²) >= 11 is 0. The molecule has 1 aliphatic rings. The summed E-state index contributed by atoms with van der Waals surface area (Å²) in [5, 5.41) is 3.26. The zero-order valence-corrected chi connectivity index (χ0v) is 18.1. The van der Waals surface area contributed by atoms with Gasteiger partial charge in [0, 0.05) is 45.9 Å². The van der Waals surface area contributed by atoms with Crippen molar-refractivity contribution in [1.29, 1.82) is 0 Å². The van der Waals surface area contributed by atoms with Crippen LogP contribution in [0, 0.1) is 0 Å². The lowest BCUT2D eigenvalue weighted by molar-refractivity contribution is -0.181. The third-order valence-corrected chi connectivity index (χ3v) is 5.31. The lowest BCUT2D eigenvalue weighted by atomic mass is 10.2. The van der Waals surface area contributed by atoms with Gasteiger partial charge in [-0.05, 0) is 38.7 Å². The summed E-state index contributed by atoms with van der Waals surface area (Å²) in [6, 6.07) is 8.88. The van der Waals surface area contributed by atoms with E-state index in [1.807, 2.05) is 25.1 Å². The number of rotatable bonds is 10. The van der Waals surface area contributed by atoms with Crippen molar-refractivity contribution in [2.45, 2.75) is 45.3 Å². The van der Waals surface area contributed by atoms with Gasteiger partial charge in [-0.3, -0.25) is 9.89 Å². The number of halogens is 3. The summed E-state index contributed by atoms with van der Waals surface area (Å²) in [4.78, 5) is 8.20. The van der Waals surface area contributed by atoms with Gasteiger partial charge in [0.1, 0.15) is 6.04 Å². The number of hydrogen-bond donors (Lipinski definition) is 1. The van der Waals surface area contributed by atoms with Crippen molar-refractivity contribution in [2.75, 3.05) is 52.5 Å². The van der Waals surface area contributed by atoms with E-state index in [4.69, 9.17) is 4.74 Å². The van der Waals surface area contributed by atoms with E-state index in [-0.39, 0.29) is 0 Å². The third-order valence-electron chi connectivity index (χ3n) is 5.31. The van der Waals surface area contributed by atoms with E-state index in [2.05, 4.69) is 27.3 Å². The van der Waals surface area contributed by atoms with Gasteiger partial charge in [0.2, 0.25) is 0 Å². The van der Waals surface area contributed by atoms with Gasteiger partial charge in [-0.25, -0.2) is 0 Å². The van der Waals surface area contributed by atoms with E-state index in [0.29, 0.717) is 39.3 Å². The molecule has 1 atom stereocenters. The molecule has 170 valence electrons. The number of unbranched alkanes of at least 4 members (excludes halogenated alkanes) is 1. The van der Waals surface area contributed by atoms with Crippen molar-refractivity contribution >= 4 is 5.96 Å². The molecule has 0 spiro atoms. The molecule has 1 N–H and O–H groups in total. The molecule has 1 heterocycles. The molecule has 0 bridgehead atoms. The molecule has 0 aliphatic carbocycles. The number of ether oxygens (including phenoxy) is 1. The highest BCUT2D eigenvalue weighted by Crippen LogP contribution is 2.25. The molecule has 1 aromatic carbocycles. The quantitative estimate of drug-likeness (QED) is 0.352. The fourth-order valence-electron chi connectivity index (χ4n) is 3.39. The molecule has 1 aromatic rings. The van der Waals surface area contributed by atoms with Crippen LogP contribution in [0.2, 0.25) is 0 Å². The molecule has 8 heteroatoms. The molecular weight excluding hydrogens is 393 g/mol.